The summed E-state index contributed by atoms with van der Waals surface area (Å²) in [4.78, 5) is 16.4. The molecule has 4 rings (SSSR count). The summed E-state index contributed by atoms with van der Waals surface area (Å²) in [6.07, 6.45) is 9.91. The van der Waals surface area contributed by atoms with E-state index in [1.807, 2.05) is 12.1 Å². The van der Waals surface area contributed by atoms with Crippen molar-refractivity contribution in [2.45, 2.75) is 26.7 Å². The van der Waals surface area contributed by atoms with Gasteiger partial charge >= 0.3 is 0 Å². The number of benzene rings is 2. The molecule has 0 saturated heterocycles. The third-order valence-corrected chi connectivity index (χ3v) is 5.99. The molecule has 146 valence electrons. The topological polar surface area (TPSA) is 34.9 Å². The number of rotatable bonds is 4. The number of aryl methyl sites for hydroxylation is 2. The average Bonchev–Trinajstić information content (AvgIpc) is 2.75. The largest absolute Gasteiger partial charge is 0.309 e. The highest BCUT2D eigenvalue weighted by Gasteiger charge is 2.22. The lowest BCUT2D eigenvalue weighted by atomic mass is 9.78. The summed E-state index contributed by atoms with van der Waals surface area (Å²) >= 11 is 0. The molecule has 3 aromatic rings. The summed E-state index contributed by atoms with van der Waals surface area (Å²) in [7, 11) is 1.80. The van der Waals surface area contributed by atoms with Gasteiger partial charge in [0.1, 0.15) is 0 Å². The van der Waals surface area contributed by atoms with Crippen LogP contribution in [0.5, 0.6) is 0 Å². The van der Waals surface area contributed by atoms with Gasteiger partial charge in [-0.2, -0.15) is 0 Å². The summed E-state index contributed by atoms with van der Waals surface area (Å²) in [6, 6.07) is 12.8. The Labute approximate surface area is 171 Å². The molecule has 0 fully saturated rings. The minimum atomic E-state index is -0.0925. The molecular formula is C26H26N2O. The number of aromatic nitrogens is 2. The predicted octanol–water partition coefficient (Wildman–Crippen LogP) is 5.78. The molecule has 1 aromatic heterocycles. The lowest BCUT2D eigenvalue weighted by Gasteiger charge is -2.26. The molecular weight excluding hydrogens is 356 g/mol. The molecule has 29 heavy (non-hydrogen) atoms. The Hall–Kier alpha value is -3.20. The van der Waals surface area contributed by atoms with E-state index in [1.54, 1.807) is 11.6 Å². The molecule has 0 N–H and O–H groups in total. The molecule has 1 aliphatic carbocycles. The van der Waals surface area contributed by atoms with E-state index in [0.29, 0.717) is 5.92 Å². The van der Waals surface area contributed by atoms with E-state index in [4.69, 9.17) is 0 Å². The van der Waals surface area contributed by atoms with Crippen LogP contribution in [0, 0.1) is 12.8 Å². The molecule has 0 saturated carbocycles. The van der Waals surface area contributed by atoms with Crippen LogP contribution in [0.4, 0.5) is 0 Å². The van der Waals surface area contributed by atoms with Gasteiger partial charge in [0.05, 0.1) is 17.2 Å². The van der Waals surface area contributed by atoms with Crippen LogP contribution >= 0.6 is 0 Å². The normalized spacial score (nSPS) is 16.4. The van der Waals surface area contributed by atoms with Crippen LogP contribution < -0.4 is 5.56 Å². The van der Waals surface area contributed by atoms with E-state index >= 15 is 0 Å². The second-order valence-corrected chi connectivity index (χ2v) is 7.71. The fourth-order valence-electron chi connectivity index (χ4n) is 4.26. The molecule has 0 radical (unpaired) electrons. The molecule has 0 amide bonds. The van der Waals surface area contributed by atoms with Crippen LogP contribution in [0.1, 0.15) is 42.0 Å². The second-order valence-electron chi connectivity index (χ2n) is 7.71. The number of allylic oxidation sites excluding steroid dienone is 4. The van der Waals surface area contributed by atoms with Crippen LogP contribution in [0.15, 0.2) is 66.1 Å². The smallest absolute Gasteiger partial charge is 0.269 e. The summed E-state index contributed by atoms with van der Waals surface area (Å²) in [5, 5.41) is 0. The minimum Gasteiger partial charge on any atom is -0.309 e. The van der Waals surface area contributed by atoms with Gasteiger partial charge in [-0.3, -0.25) is 4.79 Å². The van der Waals surface area contributed by atoms with Crippen molar-refractivity contribution < 1.29 is 0 Å². The minimum absolute atomic E-state index is 0.0925. The Balaban J connectivity index is 1.97. The Kier molecular flexibility index (Phi) is 5.06. The SMILES string of the molecule is C=Cc1ccc(C2=C(c3ccc4ncc(=O)n(C)c4c3)C=CCC2CC)cc1C. The van der Waals surface area contributed by atoms with Gasteiger partial charge < -0.3 is 4.57 Å². The molecule has 3 heteroatoms. The van der Waals surface area contributed by atoms with Crippen LogP contribution in [0.2, 0.25) is 0 Å². The first-order valence-electron chi connectivity index (χ1n) is 10.1. The zero-order chi connectivity index (χ0) is 20.5. The summed E-state index contributed by atoms with van der Waals surface area (Å²) in [5.41, 5.74) is 8.98. The van der Waals surface area contributed by atoms with Crippen molar-refractivity contribution in [2.75, 3.05) is 0 Å². The second kappa shape index (κ2) is 7.67. The summed E-state index contributed by atoms with van der Waals surface area (Å²) in [6.45, 7) is 8.30. The molecule has 3 nitrogen and oxygen atoms in total. The van der Waals surface area contributed by atoms with Crippen molar-refractivity contribution >= 4 is 28.3 Å². The van der Waals surface area contributed by atoms with E-state index in [9.17, 15) is 4.79 Å². The van der Waals surface area contributed by atoms with Crippen molar-refractivity contribution in [3.8, 4) is 0 Å². The number of fused-ring (bicyclic) bond motifs is 1. The maximum Gasteiger partial charge on any atom is 0.269 e. The first kappa shape index (κ1) is 19.1. The lowest BCUT2D eigenvalue weighted by molar-refractivity contribution is 0.654. The highest BCUT2D eigenvalue weighted by atomic mass is 16.1. The zero-order valence-electron chi connectivity index (χ0n) is 17.3. The van der Waals surface area contributed by atoms with Gasteiger partial charge in [-0.15, -0.1) is 0 Å². The molecule has 0 bridgehead atoms. The Bertz CT molecular complexity index is 1230. The van der Waals surface area contributed by atoms with Crippen molar-refractivity contribution in [2.24, 2.45) is 13.0 Å². The van der Waals surface area contributed by atoms with Crippen LogP contribution in [-0.4, -0.2) is 9.55 Å². The quantitative estimate of drug-likeness (QED) is 0.573. The van der Waals surface area contributed by atoms with Crippen LogP contribution in [0.3, 0.4) is 0 Å². The summed E-state index contributed by atoms with van der Waals surface area (Å²) < 4.78 is 1.67. The van der Waals surface area contributed by atoms with E-state index in [0.717, 1.165) is 29.4 Å². The van der Waals surface area contributed by atoms with Gasteiger partial charge in [0.25, 0.3) is 5.56 Å². The monoisotopic (exact) mass is 382 g/mol. The van der Waals surface area contributed by atoms with Crippen molar-refractivity contribution in [1.29, 1.82) is 0 Å². The lowest BCUT2D eigenvalue weighted by Crippen LogP contribution is -2.16. The van der Waals surface area contributed by atoms with E-state index in [-0.39, 0.29) is 5.56 Å². The maximum absolute atomic E-state index is 12.1. The standard InChI is InChI=1S/C26H26N2O/c1-5-18-10-11-21(14-17(18)3)26-19(6-2)8-7-9-22(26)20-12-13-23-24(15-20)28(4)25(29)16-27-23/h5,7,9-16,19H,1,6,8H2,2-4H3. The highest BCUT2D eigenvalue weighted by Crippen LogP contribution is 2.40. The third-order valence-electron chi connectivity index (χ3n) is 5.99. The number of hydrogen-bond acceptors (Lipinski definition) is 2. The van der Waals surface area contributed by atoms with Crippen LogP contribution in [-0.2, 0) is 7.05 Å². The first-order valence-corrected chi connectivity index (χ1v) is 10.1. The highest BCUT2D eigenvalue weighted by molar-refractivity contribution is 5.99. The van der Waals surface area contributed by atoms with Crippen molar-refractivity contribution in [3.05, 3.63) is 93.9 Å². The zero-order valence-corrected chi connectivity index (χ0v) is 17.3. The average molecular weight is 383 g/mol. The van der Waals surface area contributed by atoms with Gasteiger partial charge in [0, 0.05) is 7.05 Å². The van der Waals surface area contributed by atoms with Crippen molar-refractivity contribution in [3.63, 3.8) is 0 Å². The molecule has 2 aromatic carbocycles. The Morgan fingerprint density at radius 3 is 2.72 bits per heavy atom. The molecule has 1 unspecified atom stereocenters. The summed E-state index contributed by atoms with van der Waals surface area (Å²) in [5.74, 6) is 0.470. The van der Waals surface area contributed by atoms with Gasteiger partial charge in [0.15, 0.2) is 0 Å². The van der Waals surface area contributed by atoms with Gasteiger partial charge in [-0.05, 0) is 71.2 Å². The molecule has 0 spiro atoms. The van der Waals surface area contributed by atoms with Gasteiger partial charge in [0.2, 0.25) is 0 Å². The number of hydrogen-bond donors (Lipinski definition) is 0. The molecule has 1 aliphatic rings. The van der Waals surface area contributed by atoms with Gasteiger partial charge in [-0.1, -0.05) is 56.0 Å². The fraction of sp³-hybridized carbons (Fsp3) is 0.231. The number of nitrogens with zero attached hydrogens (tertiary/aromatic N) is 2. The Morgan fingerprint density at radius 2 is 2.00 bits per heavy atom. The molecule has 1 heterocycles. The maximum atomic E-state index is 12.1. The van der Waals surface area contributed by atoms with E-state index < -0.39 is 0 Å². The van der Waals surface area contributed by atoms with Gasteiger partial charge in [-0.25, -0.2) is 4.98 Å². The first-order chi connectivity index (χ1) is 14.0. The fourth-order valence-corrected chi connectivity index (χ4v) is 4.26. The van der Waals surface area contributed by atoms with Crippen LogP contribution in [0.25, 0.3) is 28.3 Å². The Morgan fingerprint density at radius 1 is 1.21 bits per heavy atom. The van der Waals surface area contributed by atoms with E-state index in [2.05, 4.69) is 67.9 Å². The predicted molar refractivity (Wildman–Crippen MR) is 123 cm³/mol. The van der Waals surface area contributed by atoms with Crippen molar-refractivity contribution in [1.82, 2.24) is 9.55 Å². The third kappa shape index (κ3) is 3.38. The molecule has 0 aliphatic heterocycles. The van der Waals surface area contributed by atoms with E-state index in [1.165, 1.54) is 34.0 Å². The molecule has 1 atom stereocenters.